The Morgan fingerprint density at radius 3 is 2.88 bits per heavy atom. The lowest BCUT2D eigenvalue weighted by Crippen LogP contribution is -1.99. The lowest BCUT2D eigenvalue weighted by Gasteiger charge is -2.04. The number of anilines is 1. The Morgan fingerprint density at radius 2 is 2.25 bits per heavy atom. The molecule has 0 aliphatic rings. The van der Waals surface area contributed by atoms with Crippen LogP contribution in [-0.4, -0.2) is 9.97 Å². The summed E-state index contributed by atoms with van der Waals surface area (Å²) in [6, 6.07) is 3.71. The maximum absolute atomic E-state index is 5.80. The molecular formula is C11H12ClN3S. The standard InChI is InChI=1S/C11H12ClN3S/c1-7-10(16-8(2)15-7)6-14-9-3-4-13-11(12)5-9/h3-5H,6H2,1-2H3,(H,13,14). The highest BCUT2D eigenvalue weighted by atomic mass is 35.5. The topological polar surface area (TPSA) is 37.8 Å². The number of aryl methyl sites for hydroxylation is 2. The predicted molar refractivity (Wildman–Crippen MR) is 68.2 cm³/mol. The molecule has 2 rings (SSSR count). The maximum Gasteiger partial charge on any atom is 0.131 e. The van der Waals surface area contributed by atoms with Gasteiger partial charge in [-0.25, -0.2) is 9.97 Å². The summed E-state index contributed by atoms with van der Waals surface area (Å²) in [5.74, 6) is 0. The molecule has 0 aromatic carbocycles. The van der Waals surface area contributed by atoms with E-state index < -0.39 is 0 Å². The molecule has 0 saturated carbocycles. The Kier molecular flexibility index (Phi) is 3.41. The summed E-state index contributed by atoms with van der Waals surface area (Å²) in [7, 11) is 0. The Balaban J connectivity index is 2.05. The van der Waals surface area contributed by atoms with Gasteiger partial charge in [0.25, 0.3) is 0 Å². The number of thiazole rings is 1. The number of pyridine rings is 1. The van der Waals surface area contributed by atoms with Crippen molar-refractivity contribution in [3.8, 4) is 0 Å². The van der Waals surface area contributed by atoms with Gasteiger partial charge in [-0.05, 0) is 26.0 Å². The maximum atomic E-state index is 5.80. The highest BCUT2D eigenvalue weighted by molar-refractivity contribution is 7.11. The van der Waals surface area contributed by atoms with E-state index in [0.717, 1.165) is 22.9 Å². The van der Waals surface area contributed by atoms with Crippen LogP contribution in [0.5, 0.6) is 0 Å². The summed E-state index contributed by atoms with van der Waals surface area (Å²) >= 11 is 7.52. The van der Waals surface area contributed by atoms with E-state index in [4.69, 9.17) is 11.6 Å². The molecule has 2 aromatic heterocycles. The number of hydrogen-bond acceptors (Lipinski definition) is 4. The summed E-state index contributed by atoms with van der Waals surface area (Å²) in [5.41, 5.74) is 2.07. The van der Waals surface area contributed by atoms with Crippen molar-refractivity contribution in [1.82, 2.24) is 9.97 Å². The zero-order valence-electron chi connectivity index (χ0n) is 9.12. The van der Waals surface area contributed by atoms with Gasteiger partial charge in [0.1, 0.15) is 5.15 Å². The molecule has 0 amide bonds. The minimum atomic E-state index is 0.502. The van der Waals surface area contributed by atoms with E-state index in [9.17, 15) is 0 Å². The average molecular weight is 254 g/mol. The van der Waals surface area contributed by atoms with Gasteiger partial charge in [0.05, 0.1) is 17.2 Å². The Bertz CT molecular complexity index is 496. The first-order chi connectivity index (χ1) is 7.65. The van der Waals surface area contributed by atoms with E-state index in [-0.39, 0.29) is 0 Å². The highest BCUT2D eigenvalue weighted by Gasteiger charge is 2.04. The third-order valence-electron chi connectivity index (χ3n) is 2.18. The van der Waals surface area contributed by atoms with Gasteiger partial charge < -0.3 is 5.32 Å². The van der Waals surface area contributed by atoms with Gasteiger partial charge in [-0.15, -0.1) is 11.3 Å². The van der Waals surface area contributed by atoms with Gasteiger partial charge in [0.2, 0.25) is 0 Å². The molecule has 0 aliphatic heterocycles. The molecule has 0 fully saturated rings. The van der Waals surface area contributed by atoms with Gasteiger partial charge in [0.15, 0.2) is 0 Å². The van der Waals surface area contributed by atoms with Crippen molar-refractivity contribution >= 4 is 28.6 Å². The lowest BCUT2D eigenvalue weighted by atomic mass is 10.3. The van der Waals surface area contributed by atoms with Crippen LogP contribution in [0.4, 0.5) is 5.69 Å². The summed E-state index contributed by atoms with van der Waals surface area (Å²) in [6.07, 6.45) is 1.69. The van der Waals surface area contributed by atoms with Crippen molar-refractivity contribution in [2.24, 2.45) is 0 Å². The first kappa shape index (κ1) is 11.4. The molecule has 2 heterocycles. The minimum absolute atomic E-state index is 0.502. The van der Waals surface area contributed by atoms with Crippen molar-refractivity contribution in [2.45, 2.75) is 20.4 Å². The summed E-state index contributed by atoms with van der Waals surface area (Å²) in [5, 5.41) is 4.90. The third-order valence-corrected chi connectivity index (χ3v) is 3.46. The largest absolute Gasteiger partial charge is 0.380 e. The molecule has 0 unspecified atom stereocenters. The molecule has 3 nitrogen and oxygen atoms in total. The number of halogens is 1. The minimum Gasteiger partial charge on any atom is -0.380 e. The second-order valence-corrected chi connectivity index (χ2v) is 5.14. The molecule has 0 atom stereocenters. The third kappa shape index (κ3) is 2.71. The van der Waals surface area contributed by atoms with Crippen LogP contribution in [0, 0.1) is 13.8 Å². The van der Waals surface area contributed by atoms with E-state index in [2.05, 4.69) is 15.3 Å². The molecule has 0 saturated heterocycles. The molecule has 0 spiro atoms. The Morgan fingerprint density at radius 1 is 1.44 bits per heavy atom. The molecule has 2 aromatic rings. The molecule has 1 N–H and O–H groups in total. The van der Waals surface area contributed by atoms with E-state index >= 15 is 0 Å². The second-order valence-electron chi connectivity index (χ2n) is 3.46. The molecule has 84 valence electrons. The molecular weight excluding hydrogens is 242 g/mol. The average Bonchev–Trinajstić information content (AvgIpc) is 2.54. The van der Waals surface area contributed by atoms with Crippen molar-refractivity contribution < 1.29 is 0 Å². The number of rotatable bonds is 3. The number of nitrogens with zero attached hydrogens (tertiary/aromatic N) is 2. The van der Waals surface area contributed by atoms with Crippen molar-refractivity contribution in [1.29, 1.82) is 0 Å². The first-order valence-electron chi connectivity index (χ1n) is 4.93. The zero-order chi connectivity index (χ0) is 11.5. The monoisotopic (exact) mass is 253 g/mol. The van der Waals surface area contributed by atoms with Crippen LogP contribution in [0.1, 0.15) is 15.6 Å². The van der Waals surface area contributed by atoms with Gasteiger partial charge in [-0.2, -0.15) is 0 Å². The van der Waals surface area contributed by atoms with E-state index in [1.54, 1.807) is 17.5 Å². The van der Waals surface area contributed by atoms with Crippen LogP contribution in [0.3, 0.4) is 0 Å². The van der Waals surface area contributed by atoms with Gasteiger partial charge >= 0.3 is 0 Å². The molecule has 0 radical (unpaired) electrons. The second kappa shape index (κ2) is 4.80. The van der Waals surface area contributed by atoms with Crippen LogP contribution < -0.4 is 5.32 Å². The normalized spacial score (nSPS) is 10.4. The zero-order valence-corrected chi connectivity index (χ0v) is 10.7. The van der Waals surface area contributed by atoms with Gasteiger partial charge in [-0.3, -0.25) is 0 Å². The van der Waals surface area contributed by atoms with Crippen LogP contribution >= 0.6 is 22.9 Å². The van der Waals surface area contributed by atoms with Gasteiger partial charge in [-0.1, -0.05) is 11.6 Å². The van der Waals surface area contributed by atoms with Crippen molar-refractivity contribution in [2.75, 3.05) is 5.32 Å². The smallest absolute Gasteiger partial charge is 0.131 e. The van der Waals surface area contributed by atoms with Gasteiger partial charge in [0, 0.05) is 16.8 Å². The summed E-state index contributed by atoms with van der Waals surface area (Å²) < 4.78 is 0. The summed E-state index contributed by atoms with van der Waals surface area (Å²) in [6.45, 7) is 4.82. The number of nitrogens with one attached hydrogen (secondary N) is 1. The van der Waals surface area contributed by atoms with Crippen LogP contribution in [0.2, 0.25) is 5.15 Å². The molecule has 0 bridgehead atoms. The van der Waals surface area contributed by atoms with Crippen LogP contribution in [-0.2, 0) is 6.54 Å². The van der Waals surface area contributed by atoms with Crippen LogP contribution in [0.15, 0.2) is 18.3 Å². The van der Waals surface area contributed by atoms with E-state index in [1.165, 1.54) is 4.88 Å². The van der Waals surface area contributed by atoms with E-state index in [1.807, 2.05) is 26.0 Å². The molecule has 5 heteroatoms. The Labute approximate surface area is 104 Å². The fourth-order valence-electron chi connectivity index (χ4n) is 1.43. The first-order valence-corrected chi connectivity index (χ1v) is 6.13. The SMILES string of the molecule is Cc1nc(C)c(CNc2ccnc(Cl)c2)s1. The van der Waals surface area contributed by atoms with Crippen molar-refractivity contribution in [3.63, 3.8) is 0 Å². The quantitative estimate of drug-likeness (QED) is 0.852. The molecule has 0 aliphatic carbocycles. The molecule has 16 heavy (non-hydrogen) atoms. The predicted octanol–water partition coefficient (Wildman–Crippen LogP) is 3.42. The Hall–Kier alpha value is -1.13. The highest BCUT2D eigenvalue weighted by Crippen LogP contribution is 2.19. The fraction of sp³-hybridized carbons (Fsp3) is 0.273. The van der Waals surface area contributed by atoms with Crippen molar-refractivity contribution in [3.05, 3.63) is 39.1 Å². The lowest BCUT2D eigenvalue weighted by molar-refractivity contribution is 1.10. The number of hydrogen-bond donors (Lipinski definition) is 1. The van der Waals surface area contributed by atoms with E-state index in [0.29, 0.717) is 5.15 Å². The number of aromatic nitrogens is 2. The fourth-order valence-corrected chi connectivity index (χ4v) is 2.48. The summed E-state index contributed by atoms with van der Waals surface area (Å²) in [4.78, 5) is 9.57. The van der Waals surface area contributed by atoms with Crippen LogP contribution in [0.25, 0.3) is 0 Å².